The van der Waals surface area contributed by atoms with Gasteiger partial charge in [0.2, 0.25) is 0 Å². The Hall–Kier alpha value is -0.890. The topological polar surface area (TPSA) is 22.1 Å². The largest absolute Gasteiger partial charge is 0.384 e. The van der Waals surface area contributed by atoms with E-state index < -0.39 is 0 Å². The molecule has 0 spiro atoms. The molecule has 2 rings (SSSR count). The maximum absolute atomic E-state index is 5.24. The number of ether oxygens (including phenoxy) is 1. The second kappa shape index (κ2) is 3.70. The van der Waals surface area contributed by atoms with Crippen LogP contribution in [-0.4, -0.2) is 18.7 Å². The predicted octanol–water partition coefficient (Wildman–Crippen LogP) is 2.36. The molecule has 0 radical (unpaired) electrons. The summed E-state index contributed by atoms with van der Waals surface area (Å²) in [5, 5.41) is 0. The van der Waals surface area contributed by atoms with Gasteiger partial charge in [-0.1, -0.05) is 6.07 Å². The lowest BCUT2D eigenvalue weighted by Gasteiger charge is -2.13. The van der Waals surface area contributed by atoms with Crippen molar-refractivity contribution in [2.24, 2.45) is 5.41 Å². The Labute approximate surface area is 85.3 Å². The SMILES string of the molecule is COCC1(Cc2cccc(C)n2)CC1. The predicted molar refractivity (Wildman–Crippen MR) is 56.2 cm³/mol. The van der Waals surface area contributed by atoms with Gasteiger partial charge in [-0.2, -0.15) is 0 Å². The molecule has 1 aliphatic carbocycles. The minimum absolute atomic E-state index is 0.412. The summed E-state index contributed by atoms with van der Waals surface area (Å²) < 4.78 is 5.24. The van der Waals surface area contributed by atoms with Crippen molar-refractivity contribution in [1.82, 2.24) is 4.98 Å². The summed E-state index contributed by atoms with van der Waals surface area (Å²) in [6.07, 6.45) is 3.65. The molecule has 2 heteroatoms. The van der Waals surface area contributed by atoms with Crippen molar-refractivity contribution >= 4 is 0 Å². The van der Waals surface area contributed by atoms with Crippen LogP contribution in [0.2, 0.25) is 0 Å². The first kappa shape index (κ1) is 9.66. The molecule has 14 heavy (non-hydrogen) atoms. The van der Waals surface area contributed by atoms with E-state index in [9.17, 15) is 0 Å². The molecule has 1 saturated carbocycles. The first-order chi connectivity index (χ1) is 6.74. The van der Waals surface area contributed by atoms with E-state index in [2.05, 4.69) is 17.1 Å². The Balaban J connectivity index is 2.03. The van der Waals surface area contributed by atoms with Gasteiger partial charge in [0.05, 0.1) is 6.61 Å². The van der Waals surface area contributed by atoms with Gasteiger partial charge in [-0.05, 0) is 43.7 Å². The van der Waals surface area contributed by atoms with Crippen LogP contribution in [-0.2, 0) is 11.2 Å². The van der Waals surface area contributed by atoms with Crippen LogP contribution >= 0.6 is 0 Å². The Bertz CT molecular complexity index is 318. The van der Waals surface area contributed by atoms with Crippen LogP contribution < -0.4 is 0 Å². The zero-order valence-corrected chi connectivity index (χ0v) is 8.92. The highest BCUT2D eigenvalue weighted by Crippen LogP contribution is 2.48. The Morgan fingerprint density at radius 1 is 1.43 bits per heavy atom. The summed E-state index contributed by atoms with van der Waals surface area (Å²) in [5.41, 5.74) is 2.73. The smallest absolute Gasteiger partial charge is 0.0522 e. The molecule has 76 valence electrons. The summed E-state index contributed by atoms with van der Waals surface area (Å²) in [6, 6.07) is 6.24. The van der Waals surface area contributed by atoms with E-state index in [1.807, 2.05) is 13.0 Å². The molecule has 1 aliphatic rings. The zero-order valence-electron chi connectivity index (χ0n) is 8.92. The minimum Gasteiger partial charge on any atom is -0.384 e. The van der Waals surface area contributed by atoms with Gasteiger partial charge in [-0.3, -0.25) is 4.98 Å². The van der Waals surface area contributed by atoms with Gasteiger partial charge < -0.3 is 4.74 Å². The Kier molecular flexibility index (Phi) is 2.55. The number of rotatable bonds is 4. The zero-order chi connectivity index (χ0) is 10.0. The molecular weight excluding hydrogens is 174 g/mol. The molecule has 1 aromatic rings. The van der Waals surface area contributed by atoms with Crippen LogP contribution in [0.5, 0.6) is 0 Å². The number of nitrogens with zero attached hydrogens (tertiary/aromatic N) is 1. The first-order valence-electron chi connectivity index (χ1n) is 5.16. The molecule has 0 bridgehead atoms. The molecule has 1 fully saturated rings. The molecule has 0 unspecified atom stereocenters. The highest BCUT2D eigenvalue weighted by Gasteiger charge is 2.42. The van der Waals surface area contributed by atoms with Gasteiger partial charge in [-0.15, -0.1) is 0 Å². The van der Waals surface area contributed by atoms with Gasteiger partial charge in [0, 0.05) is 18.5 Å². The fourth-order valence-corrected chi connectivity index (χ4v) is 1.94. The van der Waals surface area contributed by atoms with Gasteiger partial charge in [0.1, 0.15) is 0 Å². The molecule has 1 aromatic heterocycles. The fourth-order valence-electron chi connectivity index (χ4n) is 1.94. The van der Waals surface area contributed by atoms with Crippen LogP contribution in [0.1, 0.15) is 24.2 Å². The number of aryl methyl sites for hydroxylation is 1. The van der Waals surface area contributed by atoms with E-state index >= 15 is 0 Å². The highest BCUT2D eigenvalue weighted by molar-refractivity contribution is 5.14. The second-order valence-corrected chi connectivity index (χ2v) is 4.38. The van der Waals surface area contributed by atoms with E-state index in [0.717, 1.165) is 18.7 Å². The van der Waals surface area contributed by atoms with E-state index in [-0.39, 0.29) is 0 Å². The third-order valence-electron chi connectivity index (χ3n) is 2.91. The molecule has 0 saturated heterocycles. The number of hydrogen-bond acceptors (Lipinski definition) is 2. The van der Waals surface area contributed by atoms with Crippen molar-refractivity contribution in [3.05, 3.63) is 29.6 Å². The maximum atomic E-state index is 5.24. The Morgan fingerprint density at radius 3 is 2.79 bits per heavy atom. The third-order valence-corrected chi connectivity index (χ3v) is 2.91. The number of pyridine rings is 1. The maximum Gasteiger partial charge on any atom is 0.0522 e. The highest BCUT2D eigenvalue weighted by atomic mass is 16.5. The van der Waals surface area contributed by atoms with Crippen LogP contribution in [0.3, 0.4) is 0 Å². The lowest BCUT2D eigenvalue weighted by atomic mass is 10.0. The van der Waals surface area contributed by atoms with Crippen molar-refractivity contribution in [2.75, 3.05) is 13.7 Å². The lowest BCUT2D eigenvalue weighted by Crippen LogP contribution is -2.13. The molecule has 0 N–H and O–H groups in total. The summed E-state index contributed by atoms with van der Waals surface area (Å²) in [5.74, 6) is 0. The van der Waals surface area contributed by atoms with E-state index in [4.69, 9.17) is 4.74 Å². The van der Waals surface area contributed by atoms with Gasteiger partial charge >= 0.3 is 0 Å². The summed E-state index contributed by atoms with van der Waals surface area (Å²) in [7, 11) is 1.78. The monoisotopic (exact) mass is 191 g/mol. The van der Waals surface area contributed by atoms with Crippen molar-refractivity contribution in [3.8, 4) is 0 Å². The average Bonchev–Trinajstić information content (AvgIpc) is 2.85. The van der Waals surface area contributed by atoms with Gasteiger partial charge in [0.15, 0.2) is 0 Å². The van der Waals surface area contributed by atoms with Crippen molar-refractivity contribution in [2.45, 2.75) is 26.2 Å². The lowest BCUT2D eigenvalue weighted by molar-refractivity contribution is 0.140. The van der Waals surface area contributed by atoms with E-state index in [1.165, 1.54) is 18.5 Å². The summed E-state index contributed by atoms with van der Waals surface area (Å²) >= 11 is 0. The van der Waals surface area contributed by atoms with Gasteiger partial charge in [0.25, 0.3) is 0 Å². The van der Waals surface area contributed by atoms with Crippen LogP contribution in [0, 0.1) is 12.3 Å². The molecular formula is C12H17NO. The number of methoxy groups -OCH3 is 1. The standard InChI is InChI=1S/C12H17NO/c1-10-4-3-5-11(13-10)8-12(6-7-12)9-14-2/h3-5H,6-9H2,1-2H3. The van der Waals surface area contributed by atoms with Crippen molar-refractivity contribution in [1.29, 1.82) is 0 Å². The molecule has 1 heterocycles. The molecule has 0 amide bonds. The van der Waals surface area contributed by atoms with Crippen molar-refractivity contribution in [3.63, 3.8) is 0 Å². The number of aromatic nitrogens is 1. The van der Waals surface area contributed by atoms with Crippen molar-refractivity contribution < 1.29 is 4.74 Å². The second-order valence-electron chi connectivity index (χ2n) is 4.38. The van der Waals surface area contributed by atoms with E-state index in [1.54, 1.807) is 7.11 Å². The van der Waals surface area contributed by atoms with Crippen LogP contribution in [0.15, 0.2) is 18.2 Å². The molecule has 2 nitrogen and oxygen atoms in total. The van der Waals surface area contributed by atoms with Crippen LogP contribution in [0.4, 0.5) is 0 Å². The van der Waals surface area contributed by atoms with Gasteiger partial charge in [-0.25, -0.2) is 0 Å². The van der Waals surface area contributed by atoms with E-state index in [0.29, 0.717) is 5.41 Å². The molecule has 0 aromatic carbocycles. The summed E-state index contributed by atoms with van der Waals surface area (Å²) in [4.78, 5) is 4.53. The summed E-state index contributed by atoms with van der Waals surface area (Å²) in [6.45, 7) is 2.92. The normalized spacial score (nSPS) is 18.1. The fraction of sp³-hybridized carbons (Fsp3) is 0.583. The van der Waals surface area contributed by atoms with Crippen LogP contribution in [0.25, 0.3) is 0 Å². The first-order valence-corrected chi connectivity index (χ1v) is 5.16. The Morgan fingerprint density at radius 2 is 2.21 bits per heavy atom. The molecule has 0 atom stereocenters. The third kappa shape index (κ3) is 2.13. The quantitative estimate of drug-likeness (QED) is 0.729. The minimum atomic E-state index is 0.412. The number of hydrogen-bond donors (Lipinski definition) is 0. The molecule has 0 aliphatic heterocycles. The average molecular weight is 191 g/mol.